The highest BCUT2D eigenvalue weighted by atomic mass is 16.2. The Morgan fingerprint density at radius 2 is 1.90 bits per heavy atom. The molecule has 4 N–H and O–H groups in total. The van der Waals surface area contributed by atoms with Crippen molar-refractivity contribution in [3.63, 3.8) is 0 Å². The van der Waals surface area contributed by atoms with Gasteiger partial charge in [0.2, 0.25) is 11.8 Å². The van der Waals surface area contributed by atoms with Gasteiger partial charge >= 0.3 is 0 Å². The molecule has 1 aromatic carbocycles. The van der Waals surface area contributed by atoms with Crippen molar-refractivity contribution >= 4 is 17.5 Å². The van der Waals surface area contributed by atoms with E-state index < -0.39 is 6.04 Å². The molecule has 0 aromatic heterocycles. The summed E-state index contributed by atoms with van der Waals surface area (Å²) in [6, 6.07) is 6.71. The number of amides is 2. The van der Waals surface area contributed by atoms with Gasteiger partial charge in [-0.25, -0.2) is 0 Å². The van der Waals surface area contributed by atoms with Crippen molar-refractivity contribution in [1.29, 1.82) is 0 Å². The van der Waals surface area contributed by atoms with Gasteiger partial charge in [0.25, 0.3) is 0 Å². The minimum atomic E-state index is -0.539. The maximum Gasteiger partial charge on any atom is 0.241 e. The number of nitrogens with two attached hydrogens (primary N) is 1. The number of rotatable bonds is 6. The number of anilines is 1. The maximum absolute atomic E-state index is 12.0. The van der Waals surface area contributed by atoms with Gasteiger partial charge in [0, 0.05) is 12.7 Å². The summed E-state index contributed by atoms with van der Waals surface area (Å²) in [5.41, 5.74) is 7.27. The normalized spacial score (nSPS) is 12.1. The summed E-state index contributed by atoms with van der Waals surface area (Å²) < 4.78 is 0. The number of carbonyl (C=O) groups is 2. The first-order valence-electron chi connectivity index (χ1n) is 6.79. The van der Waals surface area contributed by atoms with Crippen LogP contribution in [0.15, 0.2) is 24.3 Å². The van der Waals surface area contributed by atoms with E-state index in [-0.39, 0.29) is 18.2 Å². The fraction of sp³-hybridized carbons (Fsp3) is 0.467. The summed E-state index contributed by atoms with van der Waals surface area (Å²) in [5, 5.41) is 5.37. The van der Waals surface area contributed by atoms with Crippen molar-refractivity contribution in [2.75, 3.05) is 12.4 Å². The highest BCUT2D eigenvalue weighted by molar-refractivity contribution is 5.96. The van der Waals surface area contributed by atoms with Gasteiger partial charge in [0.05, 0.1) is 12.5 Å². The lowest BCUT2D eigenvalue weighted by Gasteiger charge is -2.16. The summed E-state index contributed by atoms with van der Waals surface area (Å²) in [6.07, 6.45) is 0.857. The largest absolute Gasteiger partial charge is 0.359 e. The molecular formula is C15H23N3O2. The zero-order valence-electron chi connectivity index (χ0n) is 12.3. The highest BCUT2D eigenvalue weighted by Crippen LogP contribution is 2.16. The van der Waals surface area contributed by atoms with Gasteiger partial charge in [0.15, 0.2) is 0 Å². The Balaban J connectivity index is 2.76. The number of hydrogen-bond acceptors (Lipinski definition) is 3. The SMILES string of the molecule is CNC(=O)Cc1ccccc1NC(=O)[C@@H](N)CC(C)C. The standard InChI is InChI=1S/C15H23N3O2/c1-10(2)8-12(16)15(20)18-13-7-5-4-6-11(13)9-14(19)17-3/h4-7,10,12H,8-9,16H2,1-3H3,(H,17,19)(H,18,20)/t12-/m0/s1. The van der Waals surface area contributed by atoms with E-state index in [9.17, 15) is 9.59 Å². The zero-order chi connectivity index (χ0) is 15.1. The molecule has 0 saturated heterocycles. The quantitative estimate of drug-likeness (QED) is 0.732. The lowest BCUT2D eigenvalue weighted by Crippen LogP contribution is -2.37. The third-order valence-electron chi connectivity index (χ3n) is 2.97. The van der Waals surface area contributed by atoms with Crippen molar-refractivity contribution < 1.29 is 9.59 Å². The van der Waals surface area contributed by atoms with E-state index in [4.69, 9.17) is 5.73 Å². The van der Waals surface area contributed by atoms with Gasteiger partial charge in [0.1, 0.15) is 0 Å². The molecule has 0 heterocycles. The fourth-order valence-corrected chi connectivity index (χ4v) is 1.90. The molecule has 2 amide bonds. The summed E-state index contributed by atoms with van der Waals surface area (Å²) >= 11 is 0. The minimum Gasteiger partial charge on any atom is -0.359 e. The molecule has 5 nitrogen and oxygen atoms in total. The summed E-state index contributed by atoms with van der Waals surface area (Å²) in [4.78, 5) is 23.5. The number of likely N-dealkylation sites (N-methyl/N-ethyl adjacent to an activating group) is 1. The highest BCUT2D eigenvalue weighted by Gasteiger charge is 2.16. The smallest absolute Gasteiger partial charge is 0.241 e. The summed E-state index contributed by atoms with van der Waals surface area (Å²) in [7, 11) is 1.59. The van der Waals surface area contributed by atoms with Gasteiger partial charge in [-0.05, 0) is 24.0 Å². The van der Waals surface area contributed by atoms with Crippen LogP contribution in [-0.4, -0.2) is 24.9 Å². The van der Waals surface area contributed by atoms with E-state index >= 15 is 0 Å². The van der Waals surface area contributed by atoms with Crippen molar-refractivity contribution in [3.8, 4) is 0 Å². The monoisotopic (exact) mass is 277 g/mol. The first-order valence-corrected chi connectivity index (χ1v) is 6.79. The van der Waals surface area contributed by atoms with E-state index in [0.717, 1.165) is 5.56 Å². The molecular weight excluding hydrogens is 254 g/mol. The second-order valence-electron chi connectivity index (χ2n) is 5.23. The Morgan fingerprint density at radius 3 is 2.50 bits per heavy atom. The molecule has 0 spiro atoms. The van der Waals surface area contributed by atoms with E-state index in [1.807, 2.05) is 32.0 Å². The van der Waals surface area contributed by atoms with E-state index in [2.05, 4.69) is 10.6 Å². The van der Waals surface area contributed by atoms with Gasteiger partial charge in [-0.2, -0.15) is 0 Å². The van der Waals surface area contributed by atoms with Crippen molar-refractivity contribution in [2.24, 2.45) is 11.7 Å². The van der Waals surface area contributed by atoms with Crippen LogP contribution < -0.4 is 16.4 Å². The number of benzene rings is 1. The van der Waals surface area contributed by atoms with Gasteiger partial charge in [-0.15, -0.1) is 0 Å². The van der Waals surface area contributed by atoms with Crippen LogP contribution in [0.4, 0.5) is 5.69 Å². The number of nitrogens with one attached hydrogen (secondary N) is 2. The van der Waals surface area contributed by atoms with E-state index in [1.165, 1.54) is 0 Å². The van der Waals surface area contributed by atoms with Crippen LogP contribution in [0.5, 0.6) is 0 Å². The number of carbonyl (C=O) groups excluding carboxylic acids is 2. The lowest BCUT2D eigenvalue weighted by molar-refractivity contribution is -0.120. The molecule has 5 heteroatoms. The number of hydrogen-bond donors (Lipinski definition) is 3. The molecule has 0 radical (unpaired) electrons. The molecule has 0 aliphatic heterocycles. The Bertz CT molecular complexity index is 472. The van der Waals surface area contributed by atoms with Gasteiger partial charge in [-0.3, -0.25) is 9.59 Å². The second-order valence-corrected chi connectivity index (χ2v) is 5.23. The maximum atomic E-state index is 12.0. The molecule has 1 rings (SSSR count). The number of para-hydroxylation sites is 1. The first kappa shape index (κ1) is 16.2. The Kier molecular flexibility index (Phi) is 6.18. The average molecular weight is 277 g/mol. The fourth-order valence-electron chi connectivity index (χ4n) is 1.90. The molecule has 1 atom stereocenters. The molecule has 110 valence electrons. The lowest BCUT2D eigenvalue weighted by atomic mass is 10.0. The third kappa shape index (κ3) is 5.01. The molecule has 0 bridgehead atoms. The van der Waals surface area contributed by atoms with Crippen molar-refractivity contribution in [3.05, 3.63) is 29.8 Å². The van der Waals surface area contributed by atoms with E-state index in [1.54, 1.807) is 13.1 Å². The van der Waals surface area contributed by atoms with Gasteiger partial charge in [-0.1, -0.05) is 32.0 Å². The Morgan fingerprint density at radius 1 is 1.25 bits per heavy atom. The van der Waals surface area contributed by atoms with Crippen LogP contribution in [0.3, 0.4) is 0 Å². The van der Waals surface area contributed by atoms with Crippen LogP contribution in [0.25, 0.3) is 0 Å². The topological polar surface area (TPSA) is 84.2 Å². The van der Waals surface area contributed by atoms with Gasteiger partial charge < -0.3 is 16.4 Å². The predicted octanol–water partition coefficient (Wildman–Crippen LogP) is 1.29. The third-order valence-corrected chi connectivity index (χ3v) is 2.97. The van der Waals surface area contributed by atoms with Crippen molar-refractivity contribution in [1.82, 2.24) is 5.32 Å². The minimum absolute atomic E-state index is 0.0989. The Hall–Kier alpha value is -1.88. The Labute approximate surface area is 119 Å². The molecule has 20 heavy (non-hydrogen) atoms. The zero-order valence-corrected chi connectivity index (χ0v) is 12.3. The predicted molar refractivity (Wildman–Crippen MR) is 80.3 cm³/mol. The summed E-state index contributed by atoms with van der Waals surface area (Å²) in [6.45, 7) is 4.04. The van der Waals surface area contributed by atoms with E-state index in [0.29, 0.717) is 18.0 Å². The van der Waals surface area contributed by atoms with Crippen LogP contribution in [0.2, 0.25) is 0 Å². The molecule has 0 aliphatic rings. The molecule has 0 saturated carbocycles. The first-order chi connectivity index (χ1) is 9.43. The van der Waals surface area contributed by atoms with Crippen LogP contribution in [0, 0.1) is 5.92 Å². The molecule has 1 aromatic rings. The second kappa shape index (κ2) is 7.65. The molecule has 0 unspecified atom stereocenters. The molecule has 0 fully saturated rings. The molecule has 0 aliphatic carbocycles. The van der Waals surface area contributed by atoms with Crippen molar-refractivity contribution in [2.45, 2.75) is 32.7 Å². The van der Waals surface area contributed by atoms with Crippen LogP contribution in [-0.2, 0) is 16.0 Å². The summed E-state index contributed by atoms with van der Waals surface area (Å²) in [5.74, 6) is 0.0399. The van der Waals surface area contributed by atoms with Crippen LogP contribution in [0.1, 0.15) is 25.8 Å². The van der Waals surface area contributed by atoms with Crippen LogP contribution >= 0.6 is 0 Å². The average Bonchev–Trinajstić information content (AvgIpc) is 2.39.